The molecule has 78 valence electrons. The van der Waals surface area contributed by atoms with Crippen LogP contribution in [0.3, 0.4) is 0 Å². The van der Waals surface area contributed by atoms with Crippen LogP contribution in [-0.2, 0) is 0 Å². The van der Waals surface area contributed by atoms with E-state index in [2.05, 4.69) is 25.7 Å². The molecular formula is C10H20ClNO. The van der Waals surface area contributed by atoms with E-state index in [4.69, 9.17) is 11.6 Å². The summed E-state index contributed by atoms with van der Waals surface area (Å²) in [5, 5.41) is 13.5. The van der Waals surface area contributed by atoms with E-state index in [1.54, 1.807) is 0 Å². The molecule has 0 bridgehead atoms. The van der Waals surface area contributed by atoms with Crippen molar-refractivity contribution in [3.8, 4) is 0 Å². The third kappa shape index (κ3) is 8.28. The molecule has 13 heavy (non-hydrogen) atoms. The first-order chi connectivity index (χ1) is 5.83. The van der Waals surface area contributed by atoms with Crippen LogP contribution < -0.4 is 5.32 Å². The van der Waals surface area contributed by atoms with E-state index in [1.807, 2.05) is 6.92 Å². The van der Waals surface area contributed by atoms with Crippen LogP contribution in [0.1, 0.15) is 27.2 Å². The molecule has 0 spiro atoms. The lowest BCUT2D eigenvalue weighted by Crippen LogP contribution is -2.39. The maximum absolute atomic E-state index is 9.86. The van der Waals surface area contributed by atoms with Gasteiger partial charge in [-0.3, -0.25) is 0 Å². The van der Waals surface area contributed by atoms with Gasteiger partial charge in [0, 0.05) is 18.1 Å². The number of rotatable bonds is 6. The fraction of sp³-hybridized carbons (Fsp3) is 0.800. The summed E-state index contributed by atoms with van der Waals surface area (Å²) in [5.41, 5.74) is -0.652. The summed E-state index contributed by atoms with van der Waals surface area (Å²) in [7, 11) is 0. The SMILES string of the molecule is C=C(Cl)CNCC(C)(O)CC(C)C. The second kappa shape index (κ2) is 5.63. The standard InChI is InChI=1S/C10H20ClNO/c1-8(2)5-10(4,13)7-12-6-9(3)11/h8,12-13H,3,5-7H2,1-2,4H3. The summed E-state index contributed by atoms with van der Waals surface area (Å²) in [6.07, 6.45) is 0.786. The number of aliphatic hydroxyl groups is 1. The van der Waals surface area contributed by atoms with Gasteiger partial charge in [-0.2, -0.15) is 0 Å². The molecule has 1 unspecified atom stereocenters. The van der Waals surface area contributed by atoms with Gasteiger partial charge in [-0.25, -0.2) is 0 Å². The summed E-state index contributed by atoms with van der Waals surface area (Å²) in [6, 6.07) is 0. The Morgan fingerprint density at radius 3 is 2.54 bits per heavy atom. The Bertz CT molecular complexity index is 166. The fourth-order valence-corrected chi connectivity index (χ4v) is 1.51. The zero-order valence-electron chi connectivity index (χ0n) is 8.73. The lowest BCUT2D eigenvalue weighted by molar-refractivity contribution is 0.0395. The van der Waals surface area contributed by atoms with Crippen LogP contribution in [0.2, 0.25) is 0 Å². The minimum absolute atomic E-state index is 0.496. The molecule has 0 aliphatic heterocycles. The van der Waals surface area contributed by atoms with Crippen molar-refractivity contribution in [2.24, 2.45) is 5.92 Å². The number of nitrogens with one attached hydrogen (secondary N) is 1. The predicted octanol–water partition coefficient (Wildman–Crippen LogP) is 2.13. The maximum Gasteiger partial charge on any atom is 0.0746 e. The Morgan fingerprint density at radius 2 is 2.15 bits per heavy atom. The van der Waals surface area contributed by atoms with Crippen LogP contribution in [0.5, 0.6) is 0 Å². The molecule has 0 aliphatic rings. The molecule has 2 nitrogen and oxygen atoms in total. The lowest BCUT2D eigenvalue weighted by atomic mass is 9.94. The monoisotopic (exact) mass is 205 g/mol. The van der Waals surface area contributed by atoms with Crippen molar-refractivity contribution in [3.63, 3.8) is 0 Å². The topological polar surface area (TPSA) is 32.3 Å². The van der Waals surface area contributed by atoms with E-state index in [-0.39, 0.29) is 0 Å². The number of halogens is 1. The van der Waals surface area contributed by atoms with Gasteiger partial charge in [-0.05, 0) is 19.3 Å². The van der Waals surface area contributed by atoms with Gasteiger partial charge in [0.1, 0.15) is 0 Å². The first-order valence-corrected chi connectivity index (χ1v) is 4.97. The summed E-state index contributed by atoms with van der Waals surface area (Å²) in [6.45, 7) is 10.7. The van der Waals surface area contributed by atoms with E-state index in [0.717, 1.165) is 6.42 Å². The Hall–Kier alpha value is -0.0500. The van der Waals surface area contributed by atoms with E-state index >= 15 is 0 Å². The molecule has 0 saturated carbocycles. The van der Waals surface area contributed by atoms with Crippen molar-refractivity contribution < 1.29 is 5.11 Å². The highest BCUT2D eigenvalue weighted by molar-refractivity contribution is 6.29. The van der Waals surface area contributed by atoms with E-state index < -0.39 is 5.60 Å². The molecule has 0 aromatic rings. The van der Waals surface area contributed by atoms with Crippen LogP contribution >= 0.6 is 11.6 Å². The molecule has 0 rings (SSSR count). The zero-order valence-corrected chi connectivity index (χ0v) is 9.49. The van der Waals surface area contributed by atoms with Crippen molar-refractivity contribution in [1.82, 2.24) is 5.32 Å². The van der Waals surface area contributed by atoms with Crippen LogP contribution in [0, 0.1) is 5.92 Å². The molecule has 0 heterocycles. The van der Waals surface area contributed by atoms with E-state index in [0.29, 0.717) is 24.0 Å². The molecular weight excluding hydrogens is 186 g/mol. The predicted molar refractivity (Wildman–Crippen MR) is 57.9 cm³/mol. The Balaban J connectivity index is 3.68. The third-order valence-corrected chi connectivity index (χ3v) is 1.80. The van der Waals surface area contributed by atoms with Gasteiger partial charge >= 0.3 is 0 Å². The summed E-state index contributed by atoms with van der Waals surface area (Å²) >= 11 is 5.57. The van der Waals surface area contributed by atoms with Crippen LogP contribution in [0.25, 0.3) is 0 Å². The van der Waals surface area contributed by atoms with Gasteiger partial charge in [-0.1, -0.05) is 32.0 Å². The van der Waals surface area contributed by atoms with Crippen LogP contribution in [-0.4, -0.2) is 23.8 Å². The van der Waals surface area contributed by atoms with Gasteiger partial charge in [0.25, 0.3) is 0 Å². The second-order valence-electron chi connectivity index (χ2n) is 4.22. The number of hydrogen-bond donors (Lipinski definition) is 2. The zero-order chi connectivity index (χ0) is 10.5. The van der Waals surface area contributed by atoms with Gasteiger partial charge in [0.05, 0.1) is 5.60 Å². The average molecular weight is 206 g/mol. The van der Waals surface area contributed by atoms with Gasteiger partial charge in [0.2, 0.25) is 0 Å². The van der Waals surface area contributed by atoms with Crippen molar-refractivity contribution in [3.05, 3.63) is 11.6 Å². The smallest absolute Gasteiger partial charge is 0.0746 e. The molecule has 0 fully saturated rings. The third-order valence-electron chi connectivity index (χ3n) is 1.67. The van der Waals surface area contributed by atoms with Gasteiger partial charge in [-0.15, -0.1) is 0 Å². The quantitative estimate of drug-likeness (QED) is 0.697. The molecule has 3 heteroatoms. The molecule has 0 saturated heterocycles. The molecule has 0 aromatic carbocycles. The highest BCUT2D eigenvalue weighted by atomic mass is 35.5. The van der Waals surface area contributed by atoms with Crippen molar-refractivity contribution in [1.29, 1.82) is 0 Å². The molecule has 0 amide bonds. The minimum Gasteiger partial charge on any atom is -0.389 e. The summed E-state index contributed by atoms with van der Waals surface area (Å²) < 4.78 is 0. The molecule has 0 aliphatic carbocycles. The Labute approximate surface area is 86.0 Å². The van der Waals surface area contributed by atoms with Crippen molar-refractivity contribution in [2.75, 3.05) is 13.1 Å². The maximum atomic E-state index is 9.86. The Kier molecular flexibility index (Phi) is 5.61. The molecule has 1 atom stereocenters. The Morgan fingerprint density at radius 1 is 1.62 bits per heavy atom. The van der Waals surface area contributed by atoms with Crippen LogP contribution in [0.15, 0.2) is 11.6 Å². The highest BCUT2D eigenvalue weighted by Gasteiger charge is 2.20. The molecule has 0 radical (unpaired) electrons. The van der Waals surface area contributed by atoms with Gasteiger partial charge in [0.15, 0.2) is 0 Å². The summed E-state index contributed by atoms with van der Waals surface area (Å²) in [4.78, 5) is 0. The largest absolute Gasteiger partial charge is 0.389 e. The minimum atomic E-state index is -0.652. The normalized spacial score (nSPS) is 15.8. The average Bonchev–Trinajstić information content (AvgIpc) is 1.81. The first kappa shape index (κ1) is 12.9. The van der Waals surface area contributed by atoms with Gasteiger partial charge < -0.3 is 10.4 Å². The molecule has 2 N–H and O–H groups in total. The highest BCUT2D eigenvalue weighted by Crippen LogP contribution is 2.15. The van der Waals surface area contributed by atoms with E-state index in [1.165, 1.54) is 0 Å². The van der Waals surface area contributed by atoms with E-state index in [9.17, 15) is 5.11 Å². The first-order valence-electron chi connectivity index (χ1n) is 4.60. The number of hydrogen-bond acceptors (Lipinski definition) is 2. The fourth-order valence-electron chi connectivity index (χ4n) is 1.42. The van der Waals surface area contributed by atoms with Crippen molar-refractivity contribution >= 4 is 11.6 Å². The summed E-state index contributed by atoms with van der Waals surface area (Å²) in [5.74, 6) is 0.496. The second-order valence-corrected chi connectivity index (χ2v) is 4.75. The van der Waals surface area contributed by atoms with Crippen molar-refractivity contribution in [2.45, 2.75) is 32.8 Å². The molecule has 0 aromatic heterocycles. The van der Waals surface area contributed by atoms with Crippen LogP contribution in [0.4, 0.5) is 0 Å². The lowest BCUT2D eigenvalue weighted by Gasteiger charge is -2.25.